The minimum atomic E-state index is -0.107. The smallest absolute Gasteiger partial charge is 0.252 e. The number of aromatic nitrogens is 1. The fourth-order valence-corrected chi connectivity index (χ4v) is 3.96. The summed E-state index contributed by atoms with van der Waals surface area (Å²) in [7, 11) is 0. The molecule has 1 N–H and O–H groups in total. The molecule has 1 aliphatic rings. The Morgan fingerprint density at radius 3 is 2.22 bits per heavy atom. The zero-order valence-electron chi connectivity index (χ0n) is 21.9. The van der Waals surface area contributed by atoms with Crippen molar-refractivity contribution in [3.05, 3.63) is 90.9 Å². The number of nitrogens with zero attached hydrogens (tertiary/aromatic N) is 2. The first kappa shape index (κ1) is 29.0. The predicted molar refractivity (Wildman–Crippen MR) is 150 cm³/mol. The molecule has 0 bridgehead atoms. The lowest BCUT2D eigenvalue weighted by Crippen LogP contribution is -2.33. The molecule has 5 nitrogen and oxygen atoms in total. The Bertz CT molecular complexity index is 900. The minimum absolute atomic E-state index is 0.107. The van der Waals surface area contributed by atoms with Crippen LogP contribution < -0.4 is 5.32 Å². The zero-order valence-corrected chi connectivity index (χ0v) is 21.9. The van der Waals surface area contributed by atoms with Gasteiger partial charge in [-0.1, -0.05) is 67.7 Å². The fourth-order valence-electron chi connectivity index (χ4n) is 3.96. The third-order valence-electron chi connectivity index (χ3n) is 6.03. The van der Waals surface area contributed by atoms with Crippen LogP contribution in [0.3, 0.4) is 0 Å². The van der Waals surface area contributed by atoms with Crippen LogP contribution >= 0.6 is 0 Å². The molecule has 1 aromatic rings. The van der Waals surface area contributed by atoms with Gasteiger partial charge in [-0.25, -0.2) is 0 Å². The molecule has 0 unspecified atom stereocenters. The first-order valence-electron chi connectivity index (χ1n) is 13.4. The first-order chi connectivity index (χ1) is 17.7. The average Bonchev–Trinajstić information content (AvgIpc) is 3.39. The van der Waals surface area contributed by atoms with E-state index in [4.69, 9.17) is 0 Å². The van der Waals surface area contributed by atoms with Crippen LogP contribution in [-0.2, 0) is 4.79 Å². The molecule has 36 heavy (non-hydrogen) atoms. The summed E-state index contributed by atoms with van der Waals surface area (Å²) < 4.78 is 0. The molecule has 0 aliphatic carbocycles. The van der Waals surface area contributed by atoms with Crippen LogP contribution in [0, 0.1) is 5.92 Å². The van der Waals surface area contributed by atoms with E-state index in [0.717, 1.165) is 64.5 Å². The second kappa shape index (κ2) is 19.0. The number of pyridine rings is 1. The van der Waals surface area contributed by atoms with Crippen molar-refractivity contribution in [2.45, 2.75) is 64.7 Å². The Balaban J connectivity index is 1.47. The molecular weight excluding hydrogens is 446 g/mol. The zero-order chi connectivity index (χ0) is 25.7. The van der Waals surface area contributed by atoms with Gasteiger partial charge in [0.15, 0.2) is 0 Å². The second-order valence-corrected chi connectivity index (χ2v) is 9.05. The van der Waals surface area contributed by atoms with Crippen LogP contribution in [0.5, 0.6) is 0 Å². The molecule has 1 aromatic heterocycles. The highest BCUT2D eigenvalue weighted by Gasteiger charge is 2.26. The maximum Gasteiger partial charge on any atom is 0.252 e. The van der Waals surface area contributed by atoms with Crippen molar-refractivity contribution in [3.8, 4) is 0 Å². The highest BCUT2D eigenvalue weighted by molar-refractivity contribution is 5.93. The minimum Gasteiger partial charge on any atom is -0.352 e. The van der Waals surface area contributed by atoms with Crippen LogP contribution in [0.15, 0.2) is 85.3 Å². The average molecular weight is 490 g/mol. The van der Waals surface area contributed by atoms with Crippen LogP contribution in [0.2, 0.25) is 0 Å². The fraction of sp³-hybridized carbons (Fsp3) is 0.452. The number of carbonyl (C=O) groups is 2. The first-order valence-corrected chi connectivity index (χ1v) is 13.4. The van der Waals surface area contributed by atoms with Crippen molar-refractivity contribution in [1.29, 1.82) is 0 Å². The number of amides is 2. The van der Waals surface area contributed by atoms with Gasteiger partial charge in [0, 0.05) is 38.4 Å². The SMILES string of the molecule is CC/C=C\C/C=C\C/C=C\C/C=C\C/C=C\CCCC(=O)N1CC[C@H](CNC(=O)c2cccnc2)C1. The standard InChI is InChI=1S/C31H43N3O2/c1-2-3-4-5-6-7-8-9-10-11-12-13-14-15-16-17-18-21-30(35)34-24-22-28(27-34)25-33-31(36)29-20-19-23-32-26-29/h3-4,6-7,9-10,12-13,15-16,19-20,23,26,28H,2,5,8,11,14,17-18,21-22,24-25,27H2,1H3,(H,33,36)/b4-3-,7-6-,10-9-,13-12-,16-15-/t28-/m1/s1. The number of unbranched alkanes of at least 4 members (excludes halogenated alkanes) is 1. The molecule has 2 amide bonds. The molecule has 2 heterocycles. The summed E-state index contributed by atoms with van der Waals surface area (Å²) in [6, 6.07) is 3.51. The van der Waals surface area contributed by atoms with Crippen molar-refractivity contribution >= 4 is 11.8 Å². The van der Waals surface area contributed by atoms with E-state index in [0.29, 0.717) is 24.4 Å². The molecule has 0 aromatic carbocycles. The molecule has 0 spiro atoms. The van der Waals surface area contributed by atoms with Gasteiger partial charge < -0.3 is 10.2 Å². The van der Waals surface area contributed by atoms with Crippen LogP contribution in [-0.4, -0.2) is 41.3 Å². The lowest BCUT2D eigenvalue weighted by molar-refractivity contribution is -0.130. The normalized spacial score (nSPS) is 16.5. The van der Waals surface area contributed by atoms with Crippen LogP contribution in [0.1, 0.15) is 75.1 Å². The van der Waals surface area contributed by atoms with Crippen molar-refractivity contribution in [1.82, 2.24) is 15.2 Å². The van der Waals surface area contributed by atoms with Gasteiger partial charge in [-0.05, 0) is 69.4 Å². The Morgan fingerprint density at radius 2 is 1.61 bits per heavy atom. The van der Waals surface area contributed by atoms with E-state index in [1.54, 1.807) is 24.5 Å². The summed E-state index contributed by atoms with van der Waals surface area (Å²) in [5.41, 5.74) is 0.568. The highest BCUT2D eigenvalue weighted by Crippen LogP contribution is 2.17. The highest BCUT2D eigenvalue weighted by atomic mass is 16.2. The summed E-state index contributed by atoms with van der Waals surface area (Å²) in [6.45, 7) is 4.26. The molecular formula is C31H43N3O2. The Labute approximate surface area is 217 Å². The number of allylic oxidation sites excluding steroid dienone is 10. The monoisotopic (exact) mass is 489 g/mol. The van der Waals surface area contributed by atoms with E-state index < -0.39 is 0 Å². The number of likely N-dealkylation sites (tertiary alicyclic amines) is 1. The maximum absolute atomic E-state index is 12.5. The van der Waals surface area contributed by atoms with E-state index in [2.05, 4.69) is 78.0 Å². The Hall–Kier alpha value is -3.21. The molecule has 5 heteroatoms. The largest absolute Gasteiger partial charge is 0.352 e. The van der Waals surface area contributed by atoms with Gasteiger partial charge in [-0.15, -0.1) is 0 Å². The van der Waals surface area contributed by atoms with E-state index in [9.17, 15) is 9.59 Å². The van der Waals surface area contributed by atoms with Crippen molar-refractivity contribution in [2.24, 2.45) is 5.92 Å². The molecule has 0 saturated carbocycles. The van der Waals surface area contributed by atoms with Gasteiger partial charge in [-0.2, -0.15) is 0 Å². The number of rotatable bonds is 16. The van der Waals surface area contributed by atoms with E-state index >= 15 is 0 Å². The van der Waals surface area contributed by atoms with Gasteiger partial charge in [-0.3, -0.25) is 14.6 Å². The summed E-state index contributed by atoms with van der Waals surface area (Å²) in [4.78, 5) is 30.6. The summed E-state index contributed by atoms with van der Waals surface area (Å²) in [6.07, 6.45) is 33.5. The third kappa shape index (κ3) is 13.0. The van der Waals surface area contributed by atoms with E-state index in [-0.39, 0.29) is 11.8 Å². The Kier molecular flexibility index (Phi) is 15.3. The topological polar surface area (TPSA) is 62.3 Å². The number of carbonyl (C=O) groups excluding carboxylic acids is 2. The molecule has 0 radical (unpaired) electrons. The lowest BCUT2D eigenvalue weighted by atomic mass is 10.1. The predicted octanol–water partition coefficient (Wildman–Crippen LogP) is 6.58. The number of hydrogen-bond donors (Lipinski definition) is 1. The number of hydrogen-bond acceptors (Lipinski definition) is 3. The van der Waals surface area contributed by atoms with Gasteiger partial charge in [0.25, 0.3) is 5.91 Å². The van der Waals surface area contributed by atoms with Crippen LogP contribution in [0.4, 0.5) is 0 Å². The molecule has 1 aliphatic heterocycles. The summed E-state index contributed by atoms with van der Waals surface area (Å²) >= 11 is 0. The Morgan fingerprint density at radius 1 is 0.972 bits per heavy atom. The van der Waals surface area contributed by atoms with Crippen LogP contribution in [0.25, 0.3) is 0 Å². The van der Waals surface area contributed by atoms with E-state index in [1.807, 2.05) is 4.90 Å². The maximum atomic E-state index is 12.5. The quantitative estimate of drug-likeness (QED) is 0.211. The van der Waals surface area contributed by atoms with E-state index in [1.165, 1.54) is 0 Å². The molecule has 2 rings (SSSR count). The lowest BCUT2D eigenvalue weighted by Gasteiger charge is -2.16. The summed E-state index contributed by atoms with van der Waals surface area (Å²) in [5.74, 6) is 0.439. The van der Waals surface area contributed by atoms with Crippen molar-refractivity contribution < 1.29 is 9.59 Å². The molecule has 1 atom stereocenters. The van der Waals surface area contributed by atoms with Gasteiger partial charge in [0.1, 0.15) is 0 Å². The third-order valence-corrected chi connectivity index (χ3v) is 6.03. The second-order valence-electron chi connectivity index (χ2n) is 9.05. The van der Waals surface area contributed by atoms with Gasteiger partial charge in [0.2, 0.25) is 5.91 Å². The van der Waals surface area contributed by atoms with Gasteiger partial charge in [0.05, 0.1) is 5.56 Å². The van der Waals surface area contributed by atoms with Crippen molar-refractivity contribution in [3.63, 3.8) is 0 Å². The number of nitrogens with one attached hydrogen (secondary N) is 1. The molecule has 1 saturated heterocycles. The molecule has 194 valence electrons. The summed E-state index contributed by atoms with van der Waals surface area (Å²) in [5, 5.41) is 2.96. The van der Waals surface area contributed by atoms with Crippen molar-refractivity contribution in [2.75, 3.05) is 19.6 Å². The van der Waals surface area contributed by atoms with Gasteiger partial charge >= 0.3 is 0 Å². The molecule has 1 fully saturated rings.